The molecule has 0 aliphatic rings. The Kier molecular flexibility index (Phi) is 33.9. The second-order valence-electron chi connectivity index (χ2n) is 13.9. The first-order valence-corrected chi connectivity index (χ1v) is 19.5. The Morgan fingerprint density at radius 1 is 0.500 bits per heavy atom. The van der Waals surface area contributed by atoms with Crippen molar-refractivity contribution in [3.8, 4) is 0 Å². The van der Waals surface area contributed by atoms with Gasteiger partial charge >= 0.3 is 11.9 Å². The molecule has 5 nitrogen and oxygen atoms in total. The fourth-order valence-electron chi connectivity index (χ4n) is 5.86. The van der Waals surface area contributed by atoms with E-state index in [1.165, 1.54) is 141 Å². The summed E-state index contributed by atoms with van der Waals surface area (Å²) in [6.45, 7) is 6.50. The fraction of sp³-hybridized carbons (Fsp3) is 0.949. The zero-order valence-electron chi connectivity index (χ0n) is 29.9. The van der Waals surface area contributed by atoms with Crippen molar-refractivity contribution in [3.63, 3.8) is 0 Å². The molecule has 0 heterocycles. The number of carbonyl (C=O) groups excluding carboxylic acids is 2. The molecule has 5 heteroatoms. The topological polar surface area (TPSA) is 72.8 Å². The summed E-state index contributed by atoms with van der Waals surface area (Å²) in [4.78, 5) is 24.1. The first-order valence-electron chi connectivity index (χ1n) is 19.5. The molecule has 0 fully saturated rings. The lowest BCUT2D eigenvalue weighted by atomic mass is 10.0. The molecule has 0 aliphatic carbocycles. The van der Waals surface area contributed by atoms with E-state index in [0.29, 0.717) is 12.8 Å². The van der Waals surface area contributed by atoms with Crippen LogP contribution in [-0.4, -0.2) is 36.4 Å². The second-order valence-corrected chi connectivity index (χ2v) is 13.9. The molecule has 0 unspecified atom stereocenters. The quantitative estimate of drug-likeness (QED) is 0.0561. The molecule has 0 saturated heterocycles. The minimum Gasteiger partial charge on any atom is -0.462 e. The summed E-state index contributed by atoms with van der Waals surface area (Å²) in [7, 11) is 0. The van der Waals surface area contributed by atoms with Crippen molar-refractivity contribution in [1.82, 2.24) is 0 Å². The molecule has 44 heavy (non-hydrogen) atoms. The van der Waals surface area contributed by atoms with E-state index in [9.17, 15) is 14.7 Å². The highest BCUT2D eigenvalue weighted by Crippen LogP contribution is 2.16. The summed E-state index contributed by atoms with van der Waals surface area (Å²) in [6, 6.07) is 0. The van der Waals surface area contributed by atoms with Gasteiger partial charge in [0.1, 0.15) is 6.61 Å². The number of hydrogen-bond acceptors (Lipinski definition) is 5. The molecule has 0 aliphatic heterocycles. The van der Waals surface area contributed by atoms with Gasteiger partial charge in [-0.3, -0.25) is 9.59 Å². The van der Waals surface area contributed by atoms with E-state index in [4.69, 9.17) is 9.47 Å². The first-order chi connectivity index (χ1) is 21.5. The van der Waals surface area contributed by atoms with E-state index >= 15 is 0 Å². The molecule has 0 amide bonds. The predicted octanol–water partition coefficient (Wildman–Crippen LogP) is 11.8. The van der Waals surface area contributed by atoms with Gasteiger partial charge in [-0.25, -0.2) is 0 Å². The summed E-state index contributed by atoms with van der Waals surface area (Å²) in [5.74, 6) is 0.283. The molecule has 0 saturated carbocycles. The number of carbonyl (C=O) groups is 2. The van der Waals surface area contributed by atoms with Crippen LogP contribution >= 0.6 is 0 Å². The molecule has 262 valence electrons. The number of ether oxygens (including phenoxy) is 2. The lowest BCUT2D eigenvalue weighted by molar-refractivity contribution is -0.161. The Bertz CT molecular complexity index is 605. The van der Waals surface area contributed by atoms with E-state index < -0.39 is 6.10 Å². The maximum atomic E-state index is 12.1. The summed E-state index contributed by atoms with van der Waals surface area (Å²) < 4.78 is 10.6. The molecule has 1 atom stereocenters. The van der Waals surface area contributed by atoms with Crippen LogP contribution in [0.5, 0.6) is 0 Å². The van der Waals surface area contributed by atoms with Gasteiger partial charge in [-0.2, -0.15) is 0 Å². The third kappa shape index (κ3) is 33.8. The molecule has 0 aromatic rings. The lowest BCUT2D eigenvalue weighted by Crippen LogP contribution is -2.28. The minimum atomic E-state index is -0.760. The van der Waals surface area contributed by atoms with Crippen LogP contribution in [0.4, 0.5) is 0 Å². The molecule has 0 bridgehead atoms. The van der Waals surface area contributed by atoms with Crippen molar-refractivity contribution in [2.45, 2.75) is 219 Å². The van der Waals surface area contributed by atoms with E-state index in [-0.39, 0.29) is 25.2 Å². The maximum Gasteiger partial charge on any atom is 0.306 e. The normalized spacial score (nSPS) is 12.1. The Morgan fingerprint density at radius 3 is 1.20 bits per heavy atom. The number of unbranched alkanes of at least 4 members (excludes halogenated alkanes) is 25. The summed E-state index contributed by atoms with van der Waals surface area (Å²) in [5, 5.41) is 9.52. The van der Waals surface area contributed by atoms with E-state index in [2.05, 4.69) is 20.8 Å². The Hall–Kier alpha value is -1.10. The van der Waals surface area contributed by atoms with Gasteiger partial charge in [0.25, 0.3) is 0 Å². The van der Waals surface area contributed by atoms with Gasteiger partial charge in [0.15, 0.2) is 6.10 Å². The van der Waals surface area contributed by atoms with E-state index in [0.717, 1.165) is 44.4 Å². The van der Waals surface area contributed by atoms with E-state index in [1.54, 1.807) is 0 Å². The maximum absolute atomic E-state index is 12.1. The first kappa shape index (κ1) is 42.9. The Morgan fingerprint density at radius 2 is 0.841 bits per heavy atom. The van der Waals surface area contributed by atoms with Gasteiger partial charge < -0.3 is 14.6 Å². The highest BCUT2D eigenvalue weighted by atomic mass is 16.6. The van der Waals surface area contributed by atoms with E-state index in [1.807, 2.05) is 0 Å². The van der Waals surface area contributed by atoms with Crippen LogP contribution < -0.4 is 0 Å². The van der Waals surface area contributed by atoms with Crippen molar-refractivity contribution in [3.05, 3.63) is 0 Å². The lowest BCUT2D eigenvalue weighted by Gasteiger charge is -2.15. The van der Waals surface area contributed by atoms with Crippen molar-refractivity contribution in [2.24, 2.45) is 5.92 Å². The number of hydrogen-bond donors (Lipinski definition) is 1. The van der Waals surface area contributed by atoms with Crippen LogP contribution in [0.2, 0.25) is 0 Å². The zero-order chi connectivity index (χ0) is 32.4. The van der Waals surface area contributed by atoms with Crippen LogP contribution in [0.3, 0.4) is 0 Å². The molecular formula is C39H76O5. The van der Waals surface area contributed by atoms with Crippen LogP contribution in [0.1, 0.15) is 213 Å². The van der Waals surface area contributed by atoms with Gasteiger partial charge in [-0.15, -0.1) is 0 Å². The number of aliphatic hydroxyl groups is 1. The Labute approximate surface area is 274 Å². The molecule has 0 spiro atoms. The van der Waals surface area contributed by atoms with Crippen molar-refractivity contribution in [1.29, 1.82) is 0 Å². The SMILES string of the molecule is CCCCCCCCCCCC(=O)OC[C@H](CO)OC(=O)CCCCCCCCCCCCCCCCCCCCC(C)C. The van der Waals surface area contributed by atoms with Crippen molar-refractivity contribution < 1.29 is 24.2 Å². The van der Waals surface area contributed by atoms with Crippen molar-refractivity contribution in [2.75, 3.05) is 13.2 Å². The van der Waals surface area contributed by atoms with Crippen LogP contribution in [-0.2, 0) is 19.1 Å². The number of rotatable bonds is 35. The van der Waals surface area contributed by atoms with Crippen molar-refractivity contribution >= 4 is 11.9 Å². The second kappa shape index (κ2) is 34.8. The van der Waals surface area contributed by atoms with Gasteiger partial charge in [-0.1, -0.05) is 188 Å². The summed E-state index contributed by atoms with van der Waals surface area (Å²) in [6.07, 6.45) is 36.0. The van der Waals surface area contributed by atoms with Crippen LogP contribution in [0, 0.1) is 5.92 Å². The third-order valence-electron chi connectivity index (χ3n) is 8.83. The smallest absolute Gasteiger partial charge is 0.306 e. The largest absolute Gasteiger partial charge is 0.462 e. The predicted molar refractivity (Wildman–Crippen MR) is 187 cm³/mol. The molecular weight excluding hydrogens is 548 g/mol. The fourth-order valence-corrected chi connectivity index (χ4v) is 5.86. The average molecular weight is 625 g/mol. The third-order valence-corrected chi connectivity index (χ3v) is 8.83. The molecule has 0 aromatic heterocycles. The number of esters is 2. The van der Waals surface area contributed by atoms with Gasteiger partial charge in [-0.05, 0) is 18.8 Å². The highest BCUT2D eigenvalue weighted by Gasteiger charge is 2.16. The average Bonchev–Trinajstić information content (AvgIpc) is 3.01. The highest BCUT2D eigenvalue weighted by molar-refractivity contribution is 5.70. The van der Waals surface area contributed by atoms with Gasteiger partial charge in [0.05, 0.1) is 6.61 Å². The van der Waals surface area contributed by atoms with Gasteiger partial charge in [0, 0.05) is 12.8 Å². The number of aliphatic hydroxyl groups excluding tert-OH is 1. The molecule has 0 radical (unpaired) electrons. The molecule has 0 rings (SSSR count). The van der Waals surface area contributed by atoms with Gasteiger partial charge in [0.2, 0.25) is 0 Å². The minimum absolute atomic E-state index is 0.0583. The Balaban J connectivity index is 3.45. The van der Waals surface area contributed by atoms with Crippen LogP contribution in [0.15, 0.2) is 0 Å². The molecule has 1 N–H and O–H groups in total. The standard InChI is InChI=1S/C39H76O5/c1-4-5-6-7-8-19-23-26-29-32-38(41)43-35-37(34-40)44-39(42)33-30-27-24-21-18-16-14-12-10-9-11-13-15-17-20-22-25-28-31-36(2)3/h36-37,40H,4-35H2,1-3H3/t37-/m0/s1. The monoisotopic (exact) mass is 625 g/mol. The zero-order valence-corrected chi connectivity index (χ0v) is 29.9. The molecule has 0 aromatic carbocycles. The van der Waals surface area contributed by atoms with Crippen LogP contribution in [0.25, 0.3) is 0 Å². The summed E-state index contributed by atoms with van der Waals surface area (Å²) >= 11 is 0. The summed E-state index contributed by atoms with van der Waals surface area (Å²) in [5.41, 5.74) is 0.